The summed E-state index contributed by atoms with van der Waals surface area (Å²) in [5, 5.41) is 17.0. The van der Waals surface area contributed by atoms with Gasteiger partial charge < -0.3 is 13.8 Å². The third-order valence-corrected chi connectivity index (χ3v) is 6.27. The van der Waals surface area contributed by atoms with Gasteiger partial charge in [-0.25, -0.2) is 4.98 Å². The fraction of sp³-hybridized carbons (Fsp3) is 0.375. The molecule has 0 radical (unpaired) electrons. The van der Waals surface area contributed by atoms with Gasteiger partial charge >= 0.3 is 0 Å². The van der Waals surface area contributed by atoms with Crippen molar-refractivity contribution in [3.05, 3.63) is 47.0 Å². The van der Waals surface area contributed by atoms with Gasteiger partial charge in [0.05, 0.1) is 47.1 Å². The summed E-state index contributed by atoms with van der Waals surface area (Å²) in [6, 6.07) is 7.77. The molecule has 9 nitrogen and oxygen atoms in total. The molecule has 1 aromatic carbocycles. The highest BCUT2D eigenvalue weighted by molar-refractivity contribution is 6.03. The number of anilines is 1. The van der Waals surface area contributed by atoms with Gasteiger partial charge in [0.2, 0.25) is 11.8 Å². The molecule has 9 heteroatoms. The van der Waals surface area contributed by atoms with Crippen LogP contribution in [0.5, 0.6) is 0 Å². The molecule has 168 valence electrons. The number of ether oxygens (including phenoxy) is 1. The summed E-state index contributed by atoms with van der Waals surface area (Å²) in [6.45, 7) is 6.37. The molecular weight excluding hydrogens is 420 g/mol. The van der Waals surface area contributed by atoms with E-state index in [2.05, 4.69) is 33.0 Å². The zero-order valence-corrected chi connectivity index (χ0v) is 18.8. The van der Waals surface area contributed by atoms with Gasteiger partial charge in [0.15, 0.2) is 0 Å². The summed E-state index contributed by atoms with van der Waals surface area (Å²) in [7, 11) is 0. The van der Waals surface area contributed by atoms with Gasteiger partial charge in [-0.15, -0.1) is 0 Å². The van der Waals surface area contributed by atoms with E-state index in [1.165, 1.54) is 0 Å². The van der Waals surface area contributed by atoms with Gasteiger partial charge in [0.1, 0.15) is 11.3 Å². The van der Waals surface area contributed by atoms with Crippen molar-refractivity contribution < 1.29 is 14.1 Å². The van der Waals surface area contributed by atoms with Gasteiger partial charge in [-0.2, -0.15) is 5.26 Å². The SMILES string of the molecule is Cc1noc(NC(=O)Cc2nc3cnc4ccc(C#N)cc4c3n2[C@@H]2CCO[C@H](C)C2)c1C. The Hall–Kier alpha value is -3.77. The van der Waals surface area contributed by atoms with Crippen LogP contribution in [0.3, 0.4) is 0 Å². The largest absolute Gasteiger partial charge is 0.378 e. The third-order valence-electron chi connectivity index (χ3n) is 6.27. The number of aryl methyl sites for hydroxylation is 1. The molecule has 0 unspecified atom stereocenters. The second kappa shape index (κ2) is 8.30. The van der Waals surface area contributed by atoms with Gasteiger partial charge in [-0.1, -0.05) is 5.16 Å². The molecule has 0 saturated carbocycles. The van der Waals surface area contributed by atoms with E-state index in [0.29, 0.717) is 29.4 Å². The fourth-order valence-electron chi connectivity index (χ4n) is 4.47. The molecule has 3 aromatic heterocycles. The van der Waals surface area contributed by atoms with Crippen molar-refractivity contribution >= 4 is 33.7 Å². The lowest BCUT2D eigenvalue weighted by molar-refractivity contribution is -0.115. The predicted molar refractivity (Wildman–Crippen MR) is 122 cm³/mol. The number of carbonyl (C=O) groups is 1. The van der Waals surface area contributed by atoms with Crippen molar-refractivity contribution in [2.24, 2.45) is 0 Å². The smallest absolute Gasteiger partial charge is 0.234 e. The second-order valence-corrected chi connectivity index (χ2v) is 8.54. The molecule has 2 atom stereocenters. The van der Waals surface area contributed by atoms with E-state index in [0.717, 1.165) is 40.5 Å². The number of hydrogen-bond donors (Lipinski definition) is 1. The van der Waals surface area contributed by atoms with Crippen molar-refractivity contribution in [1.82, 2.24) is 19.7 Å². The van der Waals surface area contributed by atoms with Crippen LogP contribution in [0, 0.1) is 25.2 Å². The highest BCUT2D eigenvalue weighted by Gasteiger charge is 2.27. The van der Waals surface area contributed by atoms with Crippen LogP contribution in [0.25, 0.3) is 21.9 Å². The molecular formula is C24H24N6O3. The first-order valence-corrected chi connectivity index (χ1v) is 11.0. The van der Waals surface area contributed by atoms with E-state index < -0.39 is 0 Å². The normalized spacial score (nSPS) is 18.5. The lowest BCUT2D eigenvalue weighted by Gasteiger charge is -2.30. The molecule has 4 heterocycles. The first-order valence-electron chi connectivity index (χ1n) is 11.0. The minimum Gasteiger partial charge on any atom is -0.378 e. The summed E-state index contributed by atoms with van der Waals surface area (Å²) in [4.78, 5) is 22.3. The molecule has 1 saturated heterocycles. The number of nitrogens with zero attached hydrogens (tertiary/aromatic N) is 5. The number of benzene rings is 1. The average molecular weight is 444 g/mol. The standard InChI is InChI=1S/C24H24N6O3/c1-13-8-17(6-7-32-13)30-21(10-22(31)28-24-14(2)15(3)29-33-24)27-20-12-26-19-5-4-16(11-25)9-18(19)23(20)30/h4-5,9,12-13,17H,6-8,10H2,1-3H3,(H,28,31)/t13-,17-/m1/s1. The van der Waals surface area contributed by atoms with Crippen molar-refractivity contribution in [2.75, 3.05) is 11.9 Å². The van der Waals surface area contributed by atoms with E-state index in [9.17, 15) is 10.1 Å². The number of fused-ring (bicyclic) bond motifs is 3. The highest BCUT2D eigenvalue weighted by atomic mass is 16.5. The molecule has 1 aliphatic heterocycles. The Morgan fingerprint density at radius 1 is 1.33 bits per heavy atom. The average Bonchev–Trinajstić information content (AvgIpc) is 3.33. The van der Waals surface area contributed by atoms with Crippen LogP contribution in [0.4, 0.5) is 5.88 Å². The van der Waals surface area contributed by atoms with Gasteiger partial charge in [0.25, 0.3) is 0 Å². The van der Waals surface area contributed by atoms with Crippen LogP contribution >= 0.6 is 0 Å². The number of hydrogen-bond acceptors (Lipinski definition) is 7. The van der Waals surface area contributed by atoms with E-state index in [-0.39, 0.29) is 24.5 Å². The Morgan fingerprint density at radius 2 is 2.18 bits per heavy atom. The lowest BCUT2D eigenvalue weighted by atomic mass is 10.0. The Kier molecular flexibility index (Phi) is 5.30. The molecule has 0 spiro atoms. The van der Waals surface area contributed by atoms with Crippen LogP contribution in [0.2, 0.25) is 0 Å². The van der Waals surface area contributed by atoms with Gasteiger partial charge in [0, 0.05) is 23.6 Å². The van der Waals surface area contributed by atoms with Crippen LogP contribution in [-0.2, 0) is 16.0 Å². The van der Waals surface area contributed by atoms with Crippen molar-refractivity contribution in [2.45, 2.75) is 52.2 Å². The summed E-state index contributed by atoms with van der Waals surface area (Å²) >= 11 is 0. The number of carbonyl (C=O) groups excluding carboxylic acids is 1. The number of imidazole rings is 1. The van der Waals surface area contributed by atoms with Crippen LogP contribution in [0.15, 0.2) is 28.9 Å². The zero-order chi connectivity index (χ0) is 23.1. The number of nitrogens with one attached hydrogen (secondary N) is 1. The number of nitriles is 1. The predicted octanol–water partition coefficient (Wildman–Crippen LogP) is 3.98. The van der Waals surface area contributed by atoms with E-state index in [1.54, 1.807) is 12.3 Å². The molecule has 1 fully saturated rings. The van der Waals surface area contributed by atoms with Crippen LogP contribution < -0.4 is 5.32 Å². The van der Waals surface area contributed by atoms with Gasteiger partial charge in [-0.05, 0) is 51.8 Å². The third kappa shape index (κ3) is 3.83. The molecule has 5 rings (SSSR count). The molecule has 0 bridgehead atoms. The minimum absolute atomic E-state index is 0.0685. The van der Waals surface area contributed by atoms with Crippen LogP contribution in [-0.4, -0.2) is 38.3 Å². The maximum atomic E-state index is 12.9. The Morgan fingerprint density at radius 3 is 2.91 bits per heavy atom. The lowest BCUT2D eigenvalue weighted by Crippen LogP contribution is -2.27. The number of pyridine rings is 1. The minimum atomic E-state index is -0.235. The van der Waals surface area contributed by atoms with Crippen molar-refractivity contribution in [3.63, 3.8) is 0 Å². The number of amides is 1. The quantitative estimate of drug-likeness (QED) is 0.505. The van der Waals surface area contributed by atoms with E-state index >= 15 is 0 Å². The van der Waals surface area contributed by atoms with Crippen molar-refractivity contribution in [3.8, 4) is 6.07 Å². The van der Waals surface area contributed by atoms with E-state index in [1.807, 2.05) is 26.0 Å². The molecule has 0 aliphatic carbocycles. The first-order chi connectivity index (χ1) is 15.9. The Balaban J connectivity index is 1.62. The summed E-state index contributed by atoms with van der Waals surface area (Å²) in [6.07, 6.45) is 3.52. The molecule has 1 aliphatic rings. The Bertz CT molecular complexity index is 1410. The number of rotatable bonds is 4. The summed E-state index contributed by atoms with van der Waals surface area (Å²) < 4.78 is 13.2. The molecule has 1 amide bonds. The van der Waals surface area contributed by atoms with Crippen molar-refractivity contribution in [1.29, 1.82) is 5.26 Å². The first kappa shape index (κ1) is 21.1. The Labute approximate surface area is 190 Å². The number of aromatic nitrogens is 4. The molecule has 1 N–H and O–H groups in total. The zero-order valence-electron chi connectivity index (χ0n) is 18.8. The second-order valence-electron chi connectivity index (χ2n) is 8.54. The topological polar surface area (TPSA) is 119 Å². The molecule has 4 aromatic rings. The highest BCUT2D eigenvalue weighted by Crippen LogP contribution is 2.34. The van der Waals surface area contributed by atoms with E-state index in [4.69, 9.17) is 14.2 Å². The van der Waals surface area contributed by atoms with Crippen LogP contribution in [0.1, 0.15) is 48.5 Å². The fourth-order valence-corrected chi connectivity index (χ4v) is 4.47. The monoisotopic (exact) mass is 444 g/mol. The summed E-state index contributed by atoms with van der Waals surface area (Å²) in [5.74, 6) is 0.763. The molecule has 33 heavy (non-hydrogen) atoms. The summed E-state index contributed by atoms with van der Waals surface area (Å²) in [5.41, 5.74) is 4.47. The maximum Gasteiger partial charge on any atom is 0.234 e. The maximum absolute atomic E-state index is 12.9. The van der Waals surface area contributed by atoms with Gasteiger partial charge in [-0.3, -0.25) is 15.1 Å².